The van der Waals surface area contributed by atoms with Crippen LogP contribution in [0.5, 0.6) is 0 Å². The van der Waals surface area contributed by atoms with E-state index in [-0.39, 0.29) is 0 Å². The van der Waals surface area contributed by atoms with E-state index < -0.39 is 0 Å². The number of aliphatic imine (C=N–C) groups is 1. The second-order valence-corrected chi connectivity index (χ2v) is 7.08. The van der Waals surface area contributed by atoms with Gasteiger partial charge in [0.2, 0.25) is 0 Å². The molecule has 1 N–H and O–H groups in total. The van der Waals surface area contributed by atoms with E-state index in [9.17, 15) is 0 Å². The summed E-state index contributed by atoms with van der Waals surface area (Å²) in [6, 6.07) is 0. The topological polar surface area (TPSA) is 51.4 Å². The van der Waals surface area contributed by atoms with Crippen LogP contribution in [-0.4, -0.2) is 35.7 Å². The number of hydrogen-bond donors (Lipinski definition) is 1. The maximum absolute atomic E-state index is 6.07. The van der Waals surface area contributed by atoms with Crippen molar-refractivity contribution < 1.29 is 4.74 Å². The maximum Gasteiger partial charge on any atom is 0.0979 e. The van der Waals surface area contributed by atoms with Crippen molar-refractivity contribution in [3.63, 3.8) is 0 Å². The first-order valence-electron chi connectivity index (χ1n) is 9.50. The van der Waals surface area contributed by atoms with Gasteiger partial charge in [-0.1, -0.05) is 19.2 Å². The fourth-order valence-electron chi connectivity index (χ4n) is 3.13. The Morgan fingerprint density at radius 1 is 1.48 bits per heavy atom. The highest BCUT2D eigenvalue weighted by atomic mass is 16.5. The van der Waals surface area contributed by atoms with Crippen LogP contribution in [0.25, 0.3) is 5.57 Å². The second kappa shape index (κ2) is 10.1. The molecule has 0 aromatic carbocycles. The van der Waals surface area contributed by atoms with Crippen molar-refractivity contribution in [1.82, 2.24) is 15.1 Å². The van der Waals surface area contributed by atoms with Crippen molar-refractivity contribution in [2.75, 3.05) is 19.7 Å². The quantitative estimate of drug-likeness (QED) is 0.425. The zero-order chi connectivity index (χ0) is 19.8. The molecule has 0 aliphatic carbocycles. The molecule has 1 aliphatic heterocycles. The number of hydrogen-bond acceptors (Lipinski definition) is 4. The Bertz CT molecular complexity index is 761. The van der Waals surface area contributed by atoms with Gasteiger partial charge in [0.1, 0.15) is 0 Å². The fourth-order valence-corrected chi connectivity index (χ4v) is 3.13. The van der Waals surface area contributed by atoms with E-state index in [2.05, 4.69) is 28.6 Å². The standard InChI is InChI=1S/C22H32N4O/c1-7-10-24-22(12-16(2)21-14-26(6)25-18(21)4)17(3)19(5)27-15-20-9-8-11-23-13-20/h7,10,12,14,20,23H,1-2,8-9,11,13,15H2,3-6H3/b19-17+,22-12+,24-10?. The minimum absolute atomic E-state index is 0.568. The summed E-state index contributed by atoms with van der Waals surface area (Å²) in [6.07, 6.45) is 9.75. The summed E-state index contributed by atoms with van der Waals surface area (Å²) in [7, 11) is 1.91. The van der Waals surface area contributed by atoms with E-state index in [4.69, 9.17) is 4.74 Å². The van der Waals surface area contributed by atoms with Gasteiger partial charge in [-0.15, -0.1) is 0 Å². The van der Waals surface area contributed by atoms with E-state index in [1.807, 2.05) is 40.1 Å². The largest absolute Gasteiger partial charge is 0.498 e. The van der Waals surface area contributed by atoms with Crippen LogP contribution in [0.1, 0.15) is 37.9 Å². The molecule has 0 saturated carbocycles. The molecule has 1 saturated heterocycles. The van der Waals surface area contributed by atoms with E-state index in [0.717, 1.165) is 53.6 Å². The summed E-state index contributed by atoms with van der Waals surface area (Å²) < 4.78 is 7.87. The van der Waals surface area contributed by atoms with Crippen molar-refractivity contribution in [3.05, 3.63) is 59.8 Å². The van der Waals surface area contributed by atoms with Crippen molar-refractivity contribution >= 4 is 11.8 Å². The Morgan fingerprint density at radius 2 is 2.26 bits per heavy atom. The summed E-state index contributed by atoms with van der Waals surface area (Å²) in [6.45, 7) is 16.8. The number of piperidine rings is 1. The molecular formula is C22H32N4O. The Hall–Kier alpha value is -2.40. The van der Waals surface area contributed by atoms with Crippen LogP contribution < -0.4 is 5.32 Å². The lowest BCUT2D eigenvalue weighted by atomic mass is 10.0. The van der Waals surface area contributed by atoms with Crippen molar-refractivity contribution in [2.45, 2.75) is 33.6 Å². The molecule has 0 amide bonds. The lowest BCUT2D eigenvalue weighted by Gasteiger charge is -2.23. The van der Waals surface area contributed by atoms with Crippen molar-refractivity contribution in [2.24, 2.45) is 18.0 Å². The van der Waals surface area contributed by atoms with Gasteiger partial charge in [0.15, 0.2) is 0 Å². The maximum atomic E-state index is 6.07. The van der Waals surface area contributed by atoms with Gasteiger partial charge in [-0.25, -0.2) is 0 Å². The number of nitrogens with zero attached hydrogens (tertiary/aromatic N) is 3. The molecule has 1 fully saturated rings. The molecule has 0 radical (unpaired) electrons. The van der Waals surface area contributed by atoms with Crippen LogP contribution in [0, 0.1) is 12.8 Å². The number of rotatable bonds is 8. The number of aromatic nitrogens is 2. The van der Waals surface area contributed by atoms with Gasteiger partial charge in [-0.2, -0.15) is 5.10 Å². The Labute approximate surface area is 163 Å². The Morgan fingerprint density at radius 3 is 2.85 bits per heavy atom. The molecule has 0 bridgehead atoms. The molecule has 1 unspecified atom stereocenters. The fraction of sp³-hybridized carbons (Fsp3) is 0.455. The molecule has 0 spiro atoms. The SMILES string of the molecule is C=CC=NC(=C/C(=C)c1cn(C)nc1C)/C(C)=C(\C)OCC1CCCNC1. The number of nitrogens with one attached hydrogen (secondary N) is 1. The van der Waals surface area contributed by atoms with E-state index in [0.29, 0.717) is 5.92 Å². The molecular weight excluding hydrogens is 336 g/mol. The molecule has 1 atom stereocenters. The van der Waals surface area contributed by atoms with E-state index in [1.165, 1.54) is 12.8 Å². The third-order valence-electron chi connectivity index (χ3n) is 4.84. The normalized spacial score (nSPS) is 19.1. The molecule has 146 valence electrons. The van der Waals surface area contributed by atoms with Gasteiger partial charge in [-0.05, 0) is 51.8 Å². The molecule has 1 aromatic rings. The summed E-state index contributed by atoms with van der Waals surface area (Å²) in [5, 5.41) is 7.82. The van der Waals surface area contributed by atoms with Gasteiger partial charge in [-0.3, -0.25) is 9.67 Å². The third-order valence-corrected chi connectivity index (χ3v) is 4.84. The van der Waals surface area contributed by atoms with Crippen LogP contribution >= 0.6 is 0 Å². The highest BCUT2D eigenvalue weighted by Gasteiger charge is 2.15. The first kappa shape index (κ1) is 20.9. The second-order valence-electron chi connectivity index (χ2n) is 7.08. The smallest absolute Gasteiger partial charge is 0.0979 e. The van der Waals surface area contributed by atoms with E-state index in [1.54, 1.807) is 17.0 Å². The first-order valence-corrected chi connectivity index (χ1v) is 9.50. The molecule has 1 aromatic heterocycles. The summed E-state index contributed by atoms with van der Waals surface area (Å²) in [5.74, 6) is 1.46. The highest BCUT2D eigenvalue weighted by Crippen LogP contribution is 2.24. The molecule has 5 heteroatoms. The molecule has 27 heavy (non-hydrogen) atoms. The first-order chi connectivity index (χ1) is 12.9. The molecule has 2 heterocycles. The third kappa shape index (κ3) is 6.07. The van der Waals surface area contributed by atoms with Crippen LogP contribution in [0.3, 0.4) is 0 Å². The zero-order valence-electron chi connectivity index (χ0n) is 17.1. The van der Waals surface area contributed by atoms with Gasteiger partial charge in [0.25, 0.3) is 0 Å². The molecule has 5 nitrogen and oxygen atoms in total. The van der Waals surface area contributed by atoms with E-state index >= 15 is 0 Å². The minimum atomic E-state index is 0.568. The molecule has 2 rings (SSSR count). The van der Waals surface area contributed by atoms with Crippen molar-refractivity contribution in [1.29, 1.82) is 0 Å². The summed E-state index contributed by atoms with van der Waals surface area (Å²) in [4.78, 5) is 4.54. The summed E-state index contributed by atoms with van der Waals surface area (Å²) in [5.41, 5.74) is 4.66. The van der Waals surface area contributed by atoms with Crippen LogP contribution in [0.4, 0.5) is 0 Å². The average Bonchev–Trinajstić information content (AvgIpc) is 3.01. The summed E-state index contributed by atoms with van der Waals surface area (Å²) >= 11 is 0. The Balaban J connectivity index is 2.19. The van der Waals surface area contributed by atoms with Gasteiger partial charge >= 0.3 is 0 Å². The monoisotopic (exact) mass is 368 g/mol. The van der Waals surface area contributed by atoms with Gasteiger partial charge in [0.05, 0.1) is 23.8 Å². The average molecular weight is 369 g/mol. The zero-order valence-corrected chi connectivity index (χ0v) is 17.1. The Kier molecular flexibility index (Phi) is 7.80. The van der Waals surface area contributed by atoms with Crippen LogP contribution in [-0.2, 0) is 11.8 Å². The predicted molar refractivity (Wildman–Crippen MR) is 114 cm³/mol. The number of aryl methyl sites for hydroxylation is 2. The van der Waals surface area contributed by atoms with Crippen molar-refractivity contribution in [3.8, 4) is 0 Å². The number of allylic oxidation sites excluding steroid dienone is 5. The van der Waals surface area contributed by atoms with Gasteiger partial charge < -0.3 is 10.1 Å². The molecule has 1 aliphatic rings. The van der Waals surface area contributed by atoms with Crippen LogP contribution in [0.15, 0.2) is 53.5 Å². The minimum Gasteiger partial charge on any atom is -0.498 e. The lowest BCUT2D eigenvalue weighted by Crippen LogP contribution is -2.32. The predicted octanol–water partition coefficient (Wildman–Crippen LogP) is 4.19. The van der Waals surface area contributed by atoms with Crippen LogP contribution in [0.2, 0.25) is 0 Å². The highest BCUT2D eigenvalue weighted by molar-refractivity contribution is 5.77. The number of ether oxygens (including phenoxy) is 1. The lowest BCUT2D eigenvalue weighted by molar-refractivity contribution is 0.148. The van der Waals surface area contributed by atoms with Gasteiger partial charge in [0, 0.05) is 43.1 Å².